The van der Waals surface area contributed by atoms with Gasteiger partial charge in [0, 0.05) is 14.2 Å². The van der Waals surface area contributed by atoms with E-state index in [-0.39, 0.29) is 6.10 Å². The lowest BCUT2D eigenvalue weighted by molar-refractivity contribution is 0.199. The Morgan fingerprint density at radius 2 is 1.67 bits per heavy atom. The number of hydrogen-bond donors (Lipinski definition) is 1. The zero-order chi connectivity index (χ0) is 13.0. The van der Waals surface area contributed by atoms with Gasteiger partial charge in [0.2, 0.25) is 0 Å². The lowest BCUT2D eigenvalue weighted by Gasteiger charge is -2.06. The monoisotopic (exact) mass is 370 g/mol. The zero-order valence-corrected chi connectivity index (χ0v) is 13.1. The van der Waals surface area contributed by atoms with E-state index in [1.54, 1.807) is 6.92 Å². The molecule has 0 bridgehead atoms. The van der Waals surface area contributed by atoms with Gasteiger partial charge in [-0.2, -0.15) is 0 Å². The molecule has 0 amide bonds. The van der Waals surface area contributed by atoms with Crippen molar-refractivity contribution in [2.24, 2.45) is 0 Å². The van der Waals surface area contributed by atoms with Crippen molar-refractivity contribution < 1.29 is 5.11 Å². The molecule has 1 N–H and O–H groups in total. The first-order chi connectivity index (χ1) is 8.65. The van der Waals surface area contributed by atoms with Crippen LogP contribution >= 0.6 is 34.4 Å². The first kappa shape index (κ1) is 13.9. The Labute approximate surface area is 126 Å². The first-order valence-corrected chi connectivity index (χ1v) is 7.87. The summed E-state index contributed by atoms with van der Waals surface area (Å²) in [5.41, 5.74) is 2.30. The van der Waals surface area contributed by atoms with E-state index >= 15 is 0 Å². The van der Waals surface area contributed by atoms with Crippen molar-refractivity contribution >= 4 is 34.4 Å². The summed E-state index contributed by atoms with van der Waals surface area (Å²) < 4.78 is 1.27. The highest BCUT2D eigenvalue weighted by molar-refractivity contribution is 14.1. The van der Waals surface area contributed by atoms with Crippen LogP contribution in [-0.4, -0.2) is 5.11 Å². The minimum atomic E-state index is -0.389. The van der Waals surface area contributed by atoms with Gasteiger partial charge in [-0.25, -0.2) is 0 Å². The molecule has 1 nitrogen and oxygen atoms in total. The average molecular weight is 370 g/mol. The van der Waals surface area contributed by atoms with Crippen LogP contribution in [0.4, 0.5) is 0 Å². The smallest absolute Gasteiger partial charge is 0.0761 e. The van der Waals surface area contributed by atoms with E-state index in [0.717, 1.165) is 11.3 Å². The summed E-state index contributed by atoms with van der Waals surface area (Å²) in [6.07, 6.45) is -0.389. The molecular weight excluding hydrogens is 355 g/mol. The fraction of sp³-hybridized carbons (Fsp3) is 0.200. The summed E-state index contributed by atoms with van der Waals surface area (Å²) in [6, 6.07) is 16.7. The molecule has 2 aromatic carbocycles. The van der Waals surface area contributed by atoms with Crippen LogP contribution in [0.5, 0.6) is 0 Å². The van der Waals surface area contributed by atoms with Crippen molar-refractivity contribution in [2.75, 3.05) is 0 Å². The van der Waals surface area contributed by atoms with E-state index in [0.29, 0.717) is 0 Å². The van der Waals surface area contributed by atoms with Crippen LogP contribution in [0.25, 0.3) is 0 Å². The number of aliphatic hydroxyl groups excluding tert-OH is 1. The van der Waals surface area contributed by atoms with Crippen molar-refractivity contribution in [1.82, 2.24) is 0 Å². The highest BCUT2D eigenvalue weighted by Crippen LogP contribution is 2.24. The number of benzene rings is 2. The molecular formula is C15H15IOS. The fourth-order valence-corrected chi connectivity index (χ4v) is 2.80. The average Bonchev–Trinajstić information content (AvgIpc) is 2.38. The second-order valence-electron chi connectivity index (χ2n) is 4.16. The van der Waals surface area contributed by atoms with E-state index in [1.165, 1.54) is 14.0 Å². The van der Waals surface area contributed by atoms with Crippen LogP contribution in [0, 0.1) is 3.57 Å². The van der Waals surface area contributed by atoms with Gasteiger partial charge in [-0.05, 0) is 64.9 Å². The summed E-state index contributed by atoms with van der Waals surface area (Å²) >= 11 is 4.13. The maximum absolute atomic E-state index is 9.44. The van der Waals surface area contributed by atoms with Gasteiger partial charge in [-0.15, -0.1) is 11.8 Å². The Kier molecular flexibility index (Phi) is 5.09. The van der Waals surface area contributed by atoms with Crippen molar-refractivity contribution in [1.29, 1.82) is 0 Å². The molecule has 0 spiro atoms. The Bertz CT molecular complexity index is 491. The van der Waals surface area contributed by atoms with Crippen LogP contribution in [0.2, 0.25) is 0 Å². The van der Waals surface area contributed by atoms with Crippen molar-refractivity contribution in [2.45, 2.75) is 23.7 Å². The van der Waals surface area contributed by atoms with Crippen molar-refractivity contribution in [3.8, 4) is 0 Å². The van der Waals surface area contributed by atoms with Gasteiger partial charge in [0.1, 0.15) is 0 Å². The third-order valence-electron chi connectivity index (χ3n) is 2.68. The number of aliphatic hydroxyl groups is 1. The Morgan fingerprint density at radius 3 is 2.22 bits per heavy atom. The molecule has 0 radical (unpaired) electrons. The molecule has 94 valence electrons. The van der Waals surface area contributed by atoms with Gasteiger partial charge in [0.05, 0.1) is 6.10 Å². The molecule has 0 aliphatic heterocycles. The normalized spacial score (nSPS) is 12.4. The van der Waals surface area contributed by atoms with E-state index in [1.807, 2.05) is 23.9 Å². The van der Waals surface area contributed by atoms with Crippen LogP contribution in [0.1, 0.15) is 24.2 Å². The van der Waals surface area contributed by atoms with Gasteiger partial charge < -0.3 is 5.11 Å². The number of thioether (sulfide) groups is 1. The van der Waals surface area contributed by atoms with Crippen molar-refractivity contribution in [3.05, 3.63) is 63.2 Å². The number of rotatable bonds is 4. The van der Waals surface area contributed by atoms with Gasteiger partial charge in [-0.1, -0.05) is 24.3 Å². The topological polar surface area (TPSA) is 20.2 Å². The van der Waals surface area contributed by atoms with E-state index in [4.69, 9.17) is 0 Å². The number of hydrogen-bond acceptors (Lipinski definition) is 2. The molecule has 1 atom stereocenters. The molecule has 2 aromatic rings. The van der Waals surface area contributed by atoms with Crippen LogP contribution in [0.15, 0.2) is 53.4 Å². The molecule has 3 heteroatoms. The molecule has 1 unspecified atom stereocenters. The molecule has 0 saturated heterocycles. The number of halogens is 1. The predicted octanol–water partition coefficient (Wildman–Crippen LogP) is 4.64. The quantitative estimate of drug-likeness (QED) is 0.625. The summed E-state index contributed by atoms with van der Waals surface area (Å²) in [5, 5.41) is 9.44. The van der Waals surface area contributed by atoms with Gasteiger partial charge >= 0.3 is 0 Å². The van der Waals surface area contributed by atoms with Crippen LogP contribution in [-0.2, 0) is 5.75 Å². The third kappa shape index (κ3) is 4.00. The minimum Gasteiger partial charge on any atom is -0.389 e. The first-order valence-electron chi connectivity index (χ1n) is 5.80. The van der Waals surface area contributed by atoms with Gasteiger partial charge in [0.15, 0.2) is 0 Å². The summed E-state index contributed by atoms with van der Waals surface area (Å²) in [4.78, 5) is 1.23. The molecule has 0 fully saturated rings. The highest BCUT2D eigenvalue weighted by Gasteiger charge is 2.01. The SMILES string of the molecule is CC(O)c1ccc(SCc2ccc(I)cc2)cc1. The lowest BCUT2D eigenvalue weighted by Crippen LogP contribution is -1.89. The van der Waals surface area contributed by atoms with Crippen molar-refractivity contribution in [3.63, 3.8) is 0 Å². The van der Waals surface area contributed by atoms with E-state index < -0.39 is 0 Å². The molecule has 18 heavy (non-hydrogen) atoms. The largest absolute Gasteiger partial charge is 0.389 e. The van der Waals surface area contributed by atoms with E-state index in [2.05, 4.69) is 59.0 Å². The fourth-order valence-electron chi connectivity index (χ4n) is 1.59. The maximum atomic E-state index is 9.44. The maximum Gasteiger partial charge on any atom is 0.0761 e. The third-order valence-corrected chi connectivity index (χ3v) is 4.48. The summed E-state index contributed by atoms with van der Waals surface area (Å²) in [5.74, 6) is 0.977. The Balaban J connectivity index is 1.95. The molecule has 0 heterocycles. The predicted molar refractivity (Wildman–Crippen MR) is 85.8 cm³/mol. The Morgan fingerprint density at radius 1 is 1.06 bits per heavy atom. The Hall–Kier alpha value is -0.520. The lowest BCUT2D eigenvalue weighted by atomic mass is 10.1. The summed E-state index contributed by atoms with van der Waals surface area (Å²) in [6.45, 7) is 1.79. The second kappa shape index (κ2) is 6.59. The van der Waals surface area contributed by atoms with Gasteiger partial charge in [0.25, 0.3) is 0 Å². The molecule has 0 saturated carbocycles. The minimum absolute atomic E-state index is 0.389. The summed E-state index contributed by atoms with van der Waals surface area (Å²) in [7, 11) is 0. The molecule has 0 aliphatic carbocycles. The van der Waals surface area contributed by atoms with E-state index in [9.17, 15) is 5.11 Å². The van der Waals surface area contributed by atoms with Gasteiger partial charge in [-0.3, -0.25) is 0 Å². The molecule has 0 aromatic heterocycles. The van der Waals surface area contributed by atoms with Crippen LogP contribution < -0.4 is 0 Å². The second-order valence-corrected chi connectivity index (χ2v) is 6.45. The molecule has 0 aliphatic rings. The zero-order valence-electron chi connectivity index (χ0n) is 10.1. The standard InChI is InChI=1S/C15H15IOS/c1-11(17)13-4-8-15(9-5-13)18-10-12-2-6-14(16)7-3-12/h2-9,11,17H,10H2,1H3. The highest BCUT2D eigenvalue weighted by atomic mass is 127. The molecule has 2 rings (SSSR count). The van der Waals surface area contributed by atoms with Crippen LogP contribution in [0.3, 0.4) is 0 Å².